The Labute approximate surface area is 151 Å². The standard InChI is InChI=1S/C19H21NO6/c1-4-10-20-11-14(18(22)23)16(21)17(15(20)19(24-2)25-3)26-12-13-8-6-5-7-9-13/h4-9,11,19H,1,10,12H2,2-3H3,(H,22,23). The molecule has 0 amide bonds. The van der Waals surface area contributed by atoms with Crippen molar-refractivity contribution in [3.63, 3.8) is 0 Å². The molecule has 7 nitrogen and oxygen atoms in total. The van der Waals surface area contributed by atoms with E-state index in [0.29, 0.717) is 5.69 Å². The summed E-state index contributed by atoms with van der Waals surface area (Å²) >= 11 is 0. The maximum atomic E-state index is 12.7. The Morgan fingerprint density at radius 2 is 1.92 bits per heavy atom. The molecule has 0 saturated heterocycles. The summed E-state index contributed by atoms with van der Waals surface area (Å²) in [7, 11) is 2.84. The van der Waals surface area contributed by atoms with Gasteiger partial charge in [0.25, 0.3) is 0 Å². The SMILES string of the molecule is C=CCn1cc(C(=O)O)c(=O)c(OCc2ccccc2)c1C(OC)OC. The van der Waals surface area contributed by atoms with Crippen LogP contribution in [0.15, 0.2) is 54.0 Å². The van der Waals surface area contributed by atoms with Crippen LogP contribution in [0.4, 0.5) is 0 Å². The lowest BCUT2D eigenvalue weighted by atomic mass is 10.2. The van der Waals surface area contributed by atoms with E-state index in [4.69, 9.17) is 14.2 Å². The lowest BCUT2D eigenvalue weighted by Gasteiger charge is -2.22. The van der Waals surface area contributed by atoms with Crippen LogP contribution in [0.3, 0.4) is 0 Å². The average molecular weight is 359 g/mol. The molecule has 2 rings (SSSR count). The molecule has 0 aliphatic carbocycles. The Bertz CT molecular complexity index is 824. The number of carboxylic acids is 1. The first-order valence-corrected chi connectivity index (χ1v) is 7.87. The van der Waals surface area contributed by atoms with Crippen molar-refractivity contribution in [1.82, 2.24) is 4.57 Å². The van der Waals surface area contributed by atoms with Gasteiger partial charge in [0.15, 0.2) is 5.75 Å². The number of hydrogen-bond donors (Lipinski definition) is 1. The van der Waals surface area contributed by atoms with Gasteiger partial charge >= 0.3 is 5.97 Å². The first-order chi connectivity index (χ1) is 12.5. The molecule has 7 heteroatoms. The van der Waals surface area contributed by atoms with Crippen molar-refractivity contribution in [3.05, 3.63) is 76.2 Å². The molecule has 0 saturated carbocycles. The van der Waals surface area contributed by atoms with Gasteiger partial charge in [0.1, 0.15) is 17.9 Å². The number of carboxylic acid groups (broad SMARTS) is 1. The van der Waals surface area contributed by atoms with Crippen LogP contribution in [0.2, 0.25) is 0 Å². The van der Waals surface area contributed by atoms with Gasteiger partial charge in [-0.1, -0.05) is 36.4 Å². The molecule has 26 heavy (non-hydrogen) atoms. The topological polar surface area (TPSA) is 87.0 Å². The van der Waals surface area contributed by atoms with Gasteiger partial charge in [-0.2, -0.15) is 0 Å². The molecular formula is C19H21NO6. The summed E-state index contributed by atoms with van der Waals surface area (Å²) in [4.78, 5) is 24.2. The third kappa shape index (κ3) is 4.19. The second-order valence-electron chi connectivity index (χ2n) is 5.41. The van der Waals surface area contributed by atoms with Crippen LogP contribution in [-0.4, -0.2) is 29.9 Å². The molecule has 0 radical (unpaired) electrons. The van der Waals surface area contributed by atoms with Gasteiger partial charge in [-0.3, -0.25) is 4.79 Å². The Kier molecular flexibility index (Phi) is 6.71. The van der Waals surface area contributed by atoms with Crippen molar-refractivity contribution in [2.45, 2.75) is 19.4 Å². The van der Waals surface area contributed by atoms with Gasteiger partial charge in [-0.15, -0.1) is 6.58 Å². The predicted octanol–water partition coefficient (Wildman–Crippen LogP) is 2.60. The fraction of sp³-hybridized carbons (Fsp3) is 0.263. The first-order valence-electron chi connectivity index (χ1n) is 7.87. The van der Waals surface area contributed by atoms with E-state index in [-0.39, 0.29) is 18.9 Å². The molecule has 1 N–H and O–H groups in total. The number of benzene rings is 1. The van der Waals surface area contributed by atoms with E-state index in [1.54, 1.807) is 6.08 Å². The molecule has 1 aromatic carbocycles. The predicted molar refractivity (Wildman–Crippen MR) is 95.4 cm³/mol. The van der Waals surface area contributed by atoms with E-state index < -0.39 is 23.3 Å². The van der Waals surface area contributed by atoms with Crippen LogP contribution in [0.5, 0.6) is 5.75 Å². The van der Waals surface area contributed by atoms with Gasteiger partial charge in [0.05, 0.1) is 0 Å². The molecule has 2 aromatic rings. The molecule has 0 aliphatic rings. The Morgan fingerprint density at radius 1 is 1.27 bits per heavy atom. The number of methoxy groups -OCH3 is 2. The van der Waals surface area contributed by atoms with Gasteiger partial charge in [0.2, 0.25) is 11.7 Å². The highest BCUT2D eigenvalue weighted by atomic mass is 16.7. The van der Waals surface area contributed by atoms with Gasteiger partial charge in [0, 0.05) is 27.0 Å². The Morgan fingerprint density at radius 3 is 2.46 bits per heavy atom. The third-order valence-electron chi connectivity index (χ3n) is 3.71. The van der Waals surface area contributed by atoms with E-state index in [0.717, 1.165) is 5.56 Å². The van der Waals surface area contributed by atoms with Crippen LogP contribution < -0.4 is 10.2 Å². The molecule has 1 aromatic heterocycles. The quantitative estimate of drug-likeness (QED) is 0.547. The van der Waals surface area contributed by atoms with Crippen LogP contribution in [0.25, 0.3) is 0 Å². The van der Waals surface area contributed by atoms with E-state index >= 15 is 0 Å². The van der Waals surface area contributed by atoms with Crippen LogP contribution in [0.1, 0.15) is 27.9 Å². The van der Waals surface area contributed by atoms with Crippen molar-refractivity contribution in [2.75, 3.05) is 14.2 Å². The summed E-state index contributed by atoms with van der Waals surface area (Å²) in [5.41, 5.74) is -0.00600. The molecule has 1 heterocycles. The summed E-state index contributed by atoms with van der Waals surface area (Å²) < 4.78 is 17.8. The van der Waals surface area contributed by atoms with Crippen molar-refractivity contribution >= 4 is 5.97 Å². The number of allylic oxidation sites excluding steroid dienone is 1. The van der Waals surface area contributed by atoms with Crippen molar-refractivity contribution in [1.29, 1.82) is 0 Å². The number of nitrogens with zero attached hydrogens (tertiary/aromatic N) is 1. The Balaban J connectivity index is 2.61. The second-order valence-corrected chi connectivity index (χ2v) is 5.41. The highest BCUT2D eigenvalue weighted by Crippen LogP contribution is 2.27. The Hall–Kier alpha value is -2.90. The number of ether oxygens (including phenoxy) is 3. The van der Waals surface area contributed by atoms with Crippen LogP contribution in [-0.2, 0) is 22.6 Å². The largest absolute Gasteiger partial charge is 0.483 e. The summed E-state index contributed by atoms with van der Waals surface area (Å²) in [5.74, 6) is -1.46. The molecular weight excluding hydrogens is 338 g/mol. The molecule has 0 spiro atoms. The highest BCUT2D eigenvalue weighted by molar-refractivity contribution is 5.87. The first kappa shape index (κ1) is 19.4. The zero-order valence-corrected chi connectivity index (χ0v) is 14.7. The van der Waals surface area contributed by atoms with Crippen molar-refractivity contribution in [2.24, 2.45) is 0 Å². The lowest BCUT2D eigenvalue weighted by molar-refractivity contribution is -0.112. The minimum absolute atomic E-state index is 0.0976. The smallest absolute Gasteiger partial charge is 0.341 e. The molecule has 0 fully saturated rings. The lowest BCUT2D eigenvalue weighted by Crippen LogP contribution is -2.26. The maximum absolute atomic E-state index is 12.7. The van der Waals surface area contributed by atoms with Gasteiger partial charge < -0.3 is 23.9 Å². The van der Waals surface area contributed by atoms with Gasteiger partial charge in [-0.05, 0) is 5.56 Å². The maximum Gasteiger partial charge on any atom is 0.341 e. The summed E-state index contributed by atoms with van der Waals surface area (Å²) in [5, 5.41) is 9.35. The summed E-state index contributed by atoms with van der Waals surface area (Å²) in [6, 6.07) is 9.23. The monoisotopic (exact) mass is 359 g/mol. The zero-order chi connectivity index (χ0) is 19.1. The molecule has 0 aliphatic heterocycles. The van der Waals surface area contributed by atoms with E-state index in [2.05, 4.69) is 6.58 Å². The third-order valence-corrected chi connectivity index (χ3v) is 3.71. The highest BCUT2D eigenvalue weighted by Gasteiger charge is 2.26. The molecule has 138 valence electrons. The van der Waals surface area contributed by atoms with E-state index in [9.17, 15) is 14.7 Å². The van der Waals surface area contributed by atoms with Crippen molar-refractivity contribution < 1.29 is 24.1 Å². The minimum Gasteiger partial charge on any atom is -0.483 e. The van der Waals surface area contributed by atoms with E-state index in [1.165, 1.54) is 25.0 Å². The normalized spacial score (nSPS) is 10.7. The molecule has 0 unspecified atom stereocenters. The van der Waals surface area contributed by atoms with E-state index in [1.807, 2.05) is 30.3 Å². The molecule has 0 atom stereocenters. The van der Waals surface area contributed by atoms with Crippen molar-refractivity contribution in [3.8, 4) is 5.75 Å². The minimum atomic E-state index is -1.34. The number of carbonyl (C=O) groups is 1. The number of aromatic carboxylic acids is 1. The van der Waals surface area contributed by atoms with Crippen LogP contribution in [0, 0.1) is 0 Å². The summed E-state index contributed by atoms with van der Waals surface area (Å²) in [6.07, 6.45) is 1.90. The second kappa shape index (κ2) is 8.98. The fourth-order valence-corrected chi connectivity index (χ4v) is 2.53. The average Bonchev–Trinajstić information content (AvgIpc) is 2.64. The number of rotatable bonds is 9. The summed E-state index contributed by atoms with van der Waals surface area (Å²) in [6.45, 7) is 4.01. The van der Waals surface area contributed by atoms with Crippen LogP contribution >= 0.6 is 0 Å². The number of hydrogen-bond acceptors (Lipinski definition) is 5. The number of pyridine rings is 1. The number of aromatic nitrogens is 1. The zero-order valence-electron chi connectivity index (χ0n) is 14.7. The fourth-order valence-electron chi connectivity index (χ4n) is 2.53. The molecule has 0 bridgehead atoms. The van der Waals surface area contributed by atoms with Gasteiger partial charge in [-0.25, -0.2) is 4.79 Å².